The number of hydrogen-bond donors (Lipinski definition) is 6. The van der Waals surface area contributed by atoms with Gasteiger partial charge in [0.25, 0.3) is 0 Å². The van der Waals surface area contributed by atoms with Gasteiger partial charge in [-0.1, -0.05) is 212 Å². The molecule has 0 spiro atoms. The number of nitrogens with one attached hydrogen (secondary N) is 1. The number of unbranched alkanes of at least 4 members (excludes halogenated alkanes) is 30. The maximum atomic E-state index is 12.6. The summed E-state index contributed by atoms with van der Waals surface area (Å²) >= 11 is 0. The Morgan fingerprint density at radius 3 is 1.39 bits per heavy atom. The van der Waals surface area contributed by atoms with Gasteiger partial charge in [0.1, 0.15) is 24.4 Å². The lowest BCUT2D eigenvalue weighted by atomic mass is 9.99. The predicted octanol–water partition coefficient (Wildman–Crippen LogP) is 10.1. The first-order valence-electron chi connectivity index (χ1n) is 23.9. The van der Waals surface area contributed by atoms with Gasteiger partial charge in [-0.05, 0) is 19.3 Å². The van der Waals surface area contributed by atoms with Crippen LogP contribution in [0, 0.1) is 0 Å². The zero-order chi connectivity index (χ0) is 40.9. The van der Waals surface area contributed by atoms with Gasteiger partial charge >= 0.3 is 0 Å². The van der Waals surface area contributed by atoms with E-state index in [2.05, 4.69) is 19.2 Å². The van der Waals surface area contributed by atoms with Gasteiger partial charge in [-0.15, -0.1) is 0 Å². The Labute approximate surface area is 344 Å². The average molecular weight is 798 g/mol. The van der Waals surface area contributed by atoms with Crippen LogP contribution in [0.15, 0.2) is 12.2 Å². The minimum Gasteiger partial charge on any atom is -0.394 e. The molecular weight excluding hydrogens is 707 g/mol. The average Bonchev–Trinajstić information content (AvgIpc) is 3.20. The summed E-state index contributed by atoms with van der Waals surface area (Å²) in [6.45, 7) is 3.65. The van der Waals surface area contributed by atoms with E-state index in [1.165, 1.54) is 161 Å². The lowest BCUT2D eigenvalue weighted by Gasteiger charge is -2.40. The van der Waals surface area contributed by atoms with Gasteiger partial charge in [-0.2, -0.15) is 0 Å². The van der Waals surface area contributed by atoms with Crippen LogP contribution >= 0.6 is 0 Å². The van der Waals surface area contributed by atoms with Gasteiger partial charge in [0.05, 0.1) is 25.4 Å². The van der Waals surface area contributed by atoms with E-state index >= 15 is 0 Å². The van der Waals surface area contributed by atoms with E-state index < -0.39 is 49.5 Å². The summed E-state index contributed by atoms with van der Waals surface area (Å²) in [6.07, 6.45) is 37.8. The lowest BCUT2D eigenvalue weighted by molar-refractivity contribution is -0.302. The quantitative estimate of drug-likeness (QED) is 0.0265. The number of aliphatic hydroxyl groups is 5. The smallest absolute Gasteiger partial charge is 0.220 e. The molecule has 1 fully saturated rings. The van der Waals surface area contributed by atoms with Crippen molar-refractivity contribution in [2.75, 3.05) is 13.2 Å². The van der Waals surface area contributed by atoms with E-state index in [0.29, 0.717) is 6.42 Å². The highest BCUT2D eigenvalue weighted by Gasteiger charge is 2.44. The molecule has 1 amide bonds. The summed E-state index contributed by atoms with van der Waals surface area (Å²) in [6, 6.07) is -0.795. The number of amides is 1. The van der Waals surface area contributed by atoms with Gasteiger partial charge in [-0.25, -0.2) is 0 Å². The lowest BCUT2D eigenvalue weighted by Crippen LogP contribution is -2.60. The van der Waals surface area contributed by atoms with Crippen LogP contribution in [-0.4, -0.2) is 87.5 Å². The molecule has 0 aromatic rings. The zero-order valence-electron chi connectivity index (χ0n) is 36.4. The summed E-state index contributed by atoms with van der Waals surface area (Å²) in [5.41, 5.74) is 0. The van der Waals surface area contributed by atoms with Crippen LogP contribution in [0.4, 0.5) is 0 Å². The molecule has 9 nitrogen and oxygen atoms in total. The van der Waals surface area contributed by atoms with Crippen LogP contribution in [0.25, 0.3) is 0 Å². The number of hydrogen-bond acceptors (Lipinski definition) is 8. The molecule has 1 saturated heterocycles. The third-order valence-corrected chi connectivity index (χ3v) is 11.6. The normalized spacial score (nSPS) is 21.2. The maximum Gasteiger partial charge on any atom is 0.220 e. The first-order valence-corrected chi connectivity index (χ1v) is 23.9. The molecule has 56 heavy (non-hydrogen) atoms. The Hall–Kier alpha value is -1.07. The van der Waals surface area contributed by atoms with E-state index in [0.717, 1.165) is 44.9 Å². The number of ether oxygens (including phenoxy) is 2. The molecule has 7 atom stereocenters. The van der Waals surface area contributed by atoms with Crippen molar-refractivity contribution in [2.45, 2.75) is 269 Å². The number of carbonyl (C=O) groups is 1. The van der Waals surface area contributed by atoms with Crippen molar-refractivity contribution in [3.8, 4) is 0 Å². The SMILES string of the molecule is CCCCCCCCCCCCCCCCCCCCCCCCCCCCC/C=C/C(O)C(COC1OC(CO)C(O)C(O)C1O)NC(=O)CCCCCC. The van der Waals surface area contributed by atoms with Crippen molar-refractivity contribution >= 4 is 5.91 Å². The Morgan fingerprint density at radius 1 is 0.589 bits per heavy atom. The largest absolute Gasteiger partial charge is 0.394 e. The van der Waals surface area contributed by atoms with Crippen LogP contribution in [0.1, 0.15) is 226 Å². The third-order valence-electron chi connectivity index (χ3n) is 11.6. The number of allylic oxidation sites excluding steroid dienone is 1. The van der Waals surface area contributed by atoms with E-state index in [1.54, 1.807) is 6.08 Å². The van der Waals surface area contributed by atoms with Crippen molar-refractivity contribution in [1.82, 2.24) is 5.32 Å². The summed E-state index contributed by atoms with van der Waals surface area (Å²) < 4.78 is 11.1. The molecule has 1 aliphatic rings. The number of aliphatic hydroxyl groups excluding tert-OH is 5. The van der Waals surface area contributed by atoms with Gasteiger partial charge in [-0.3, -0.25) is 4.79 Å². The molecule has 0 saturated carbocycles. The topological polar surface area (TPSA) is 149 Å². The second-order valence-electron chi connectivity index (χ2n) is 16.9. The van der Waals surface area contributed by atoms with E-state index in [-0.39, 0.29) is 12.5 Å². The molecule has 0 radical (unpaired) electrons. The summed E-state index contributed by atoms with van der Waals surface area (Å²) in [5, 5.41) is 53.7. The van der Waals surface area contributed by atoms with Crippen molar-refractivity contribution in [2.24, 2.45) is 0 Å². The molecule has 7 unspecified atom stereocenters. The molecule has 6 N–H and O–H groups in total. The van der Waals surface area contributed by atoms with Gasteiger partial charge in [0.15, 0.2) is 6.29 Å². The fourth-order valence-electron chi connectivity index (χ4n) is 7.75. The minimum absolute atomic E-state index is 0.186. The minimum atomic E-state index is -1.56. The van der Waals surface area contributed by atoms with E-state index in [9.17, 15) is 30.3 Å². The van der Waals surface area contributed by atoms with Gasteiger partial charge in [0.2, 0.25) is 5.91 Å². The Kier molecular flexibility index (Phi) is 36.1. The highest BCUT2D eigenvalue weighted by molar-refractivity contribution is 5.76. The monoisotopic (exact) mass is 798 g/mol. The first kappa shape index (κ1) is 52.9. The van der Waals surface area contributed by atoms with Crippen LogP contribution in [-0.2, 0) is 14.3 Å². The summed E-state index contributed by atoms with van der Waals surface area (Å²) in [4.78, 5) is 12.6. The highest BCUT2D eigenvalue weighted by atomic mass is 16.7. The Balaban J connectivity index is 2.07. The van der Waals surface area contributed by atoms with Crippen molar-refractivity contribution in [1.29, 1.82) is 0 Å². The fourth-order valence-corrected chi connectivity index (χ4v) is 7.75. The van der Waals surface area contributed by atoms with Crippen molar-refractivity contribution in [3.05, 3.63) is 12.2 Å². The molecule has 9 heteroatoms. The molecule has 1 aliphatic heterocycles. The molecular formula is C47H91NO8. The second kappa shape index (κ2) is 38.2. The summed E-state index contributed by atoms with van der Waals surface area (Å²) in [7, 11) is 0. The van der Waals surface area contributed by atoms with Gasteiger partial charge < -0.3 is 40.3 Å². The Morgan fingerprint density at radius 2 is 0.982 bits per heavy atom. The summed E-state index contributed by atoms with van der Waals surface area (Å²) in [5.74, 6) is -0.193. The third kappa shape index (κ3) is 28.4. The van der Waals surface area contributed by atoms with Gasteiger partial charge in [0, 0.05) is 6.42 Å². The number of carbonyl (C=O) groups excluding carboxylic acids is 1. The molecule has 0 aromatic heterocycles. The van der Waals surface area contributed by atoms with E-state index in [4.69, 9.17) is 9.47 Å². The zero-order valence-corrected chi connectivity index (χ0v) is 36.4. The molecule has 332 valence electrons. The highest BCUT2D eigenvalue weighted by Crippen LogP contribution is 2.23. The fraction of sp³-hybridized carbons (Fsp3) is 0.936. The molecule has 0 bridgehead atoms. The van der Waals surface area contributed by atoms with Crippen LogP contribution in [0.2, 0.25) is 0 Å². The van der Waals surface area contributed by atoms with Crippen LogP contribution in [0.5, 0.6) is 0 Å². The molecule has 1 rings (SSSR count). The van der Waals surface area contributed by atoms with Crippen molar-refractivity contribution in [3.63, 3.8) is 0 Å². The van der Waals surface area contributed by atoms with Crippen molar-refractivity contribution < 1.29 is 39.8 Å². The second-order valence-corrected chi connectivity index (χ2v) is 16.9. The number of rotatable bonds is 40. The predicted molar refractivity (Wildman–Crippen MR) is 231 cm³/mol. The molecule has 0 aliphatic carbocycles. The standard InChI is InChI=1S/C47H91NO8/c1-3-5-7-9-10-11-12-13-14-15-16-17-18-19-20-21-22-23-24-25-26-27-28-29-30-31-32-33-34-36-41(50)40(48-43(51)37-35-8-6-4-2)39-55-47-46(54)45(53)44(52)42(38-49)56-47/h34,36,40-42,44-47,49-50,52-54H,3-33,35,37-39H2,1-2H3,(H,48,51)/b36-34+. The van der Waals surface area contributed by atoms with Crippen LogP contribution < -0.4 is 5.32 Å². The first-order chi connectivity index (χ1) is 27.3. The molecule has 1 heterocycles. The maximum absolute atomic E-state index is 12.6. The van der Waals surface area contributed by atoms with Crippen LogP contribution in [0.3, 0.4) is 0 Å². The van der Waals surface area contributed by atoms with E-state index in [1.807, 2.05) is 6.08 Å². The Bertz CT molecular complexity index is 888. The molecule has 0 aromatic carbocycles.